The van der Waals surface area contributed by atoms with Gasteiger partial charge in [-0.25, -0.2) is 15.0 Å². The van der Waals surface area contributed by atoms with Gasteiger partial charge in [0, 0.05) is 12.1 Å². The number of hydrogen-bond acceptors (Lipinski definition) is 6. The molecule has 2 rings (SSSR count). The lowest BCUT2D eigenvalue weighted by molar-refractivity contribution is -0.385. The van der Waals surface area contributed by atoms with Crippen LogP contribution in [0.25, 0.3) is 0 Å². The molecule has 0 amide bonds. The molecule has 98 valence electrons. The summed E-state index contributed by atoms with van der Waals surface area (Å²) in [6.45, 7) is 4.29. The lowest BCUT2D eigenvalue weighted by Gasteiger charge is -2.38. The molecule has 1 fully saturated rings. The fraction of sp³-hybridized carbons (Fsp3) is 0.636. The second-order valence-corrected chi connectivity index (χ2v) is 4.67. The third-order valence-electron chi connectivity index (χ3n) is 3.27. The molecular weight excluding hydrogens is 234 g/mol. The smallest absolute Gasteiger partial charge is 0.286 e. The summed E-state index contributed by atoms with van der Waals surface area (Å²) < 4.78 is 0. The molecule has 1 aliphatic heterocycles. The van der Waals surface area contributed by atoms with Gasteiger partial charge >= 0.3 is 5.69 Å². The Labute approximate surface area is 105 Å². The summed E-state index contributed by atoms with van der Waals surface area (Å²) in [6, 6.07) is 0.820. The third-order valence-corrected chi connectivity index (χ3v) is 3.27. The van der Waals surface area contributed by atoms with Gasteiger partial charge in [-0.2, -0.15) is 0 Å². The SMILES string of the molecule is CC1CCCC(C)N1Nc1ncc([N+](=O)[O-])cn1. The zero-order chi connectivity index (χ0) is 13.1. The number of nitrogens with one attached hydrogen (secondary N) is 1. The molecule has 2 atom stereocenters. The molecule has 0 bridgehead atoms. The maximum Gasteiger partial charge on any atom is 0.305 e. The van der Waals surface area contributed by atoms with Crippen LogP contribution in [0.4, 0.5) is 11.6 Å². The maximum absolute atomic E-state index is 10.5. The van der Waals surface area contributed by atoms with E-state index in [-0.39, 0.29) is 5.69 Å². The van der Waals surface area contributed by atoms with E-state index < -0.39 is 4.92 Å². The zero-order valence-electron chi connectivity index (χ0n) is 10.5. The van der Waals surface area contributed by atoms with Gasteiger partial charge in [0.2, 0.25) is 5.95 Å². The van der Waals surface area contributed by atoms with Gasteiger partial charge in [0.25, 0.3) is 0 Å². The van der Waals surface area contributed by atoms with Crippen molar-refractivity contribution in [1.82, 2.24) is 15.0 Å². The Morgan fingerprint density at radius 3 is 2.39 bits per heavy atom. The van der Waals surface area contributed by atoms with Gasteiger partial charge < -0.3 is 0 Å². The van der Waals surface area contributed by atoms with Gasteiger partial charge in [0.15, 0.2) is 0 Å². The van der Waals surface area contributed by atoms with Crippen molar-refractivity contribution in [3.8, 4) is 0 Å². The first kappa shape index (κ1) is 12.7. The Hall–Kier alpha value is -1.76. The minimum atomic E-state index is -0.504. The third kappa shape index (κ3) is 2.73. The van der Waals surface area contributed by atoms with E-state index in [4.69, 9.17) is 0 Å². The standard InChI is InChI=1S/C11H17N5O2/c1-8-4-3-5-9(2)15(8)14-11-12-6-10(7-13-11)16(17)18/h6-9H,3-5H2,1-2H3,(H,12,13,14). The molecule has 0 aromatic carbocycles. The molecule has 1 N–H and O–H groups in total. The van der Waals surface area contributed by atoms with Crippen molar-refractivity contribution < 1.29 is 4.92 Å². The van der Waals surface area contributed by atoms with E-state index in [2.05, 4.69) is 34.3 Å². The molecule has 7 heteroatoms. The molecule has 1 aromatic heterocycles. The Bertz CT molecular complexity index is 412. The Morgan fingerprint density at radius 2 is 1.89 bits per heavy atom. The van der Waals surface area contributed by atoms with E-state index in [1.54, 1.807) is 0 Å². The zero-order valence-corrected chi connectivity index (χ0v) is 10.5. The number of piperidine rings is 1. The largest absolute Gasteiger partial charge is 0.305 e. The highest BCUT2D eigenvalue weighted by molar-refractivity contribution is 5.30. The average molecular weight is 251 g/mol. The summed E-state index contributed by atoms with van der Waals surface area (Å²) in [4.78, 5) is 17.9. The number of nitro groups is 1. The van der Waals surface area contributed by atoms with Crippen molar-refractivity contribution in [2.75, 3.05) is 5.43 Å². The van der Waals surface area contributed by atoms with Gasteiger partial charge in [-0.3, -0.25) is 15.5 Å². The van der Waals surface area contributed by atoms with Crippen LogP contribution < -0.4 is 5.43 Å². The minimum Gasteiger partial charge on any atom is -0.286 e. The summed E-state index contributed by atoms with van der Waals surface area (Å²) in [5.74, 6) is 0.404. The van der Waals surface area contributed by atoms with Crippen LogP contribution >= 0.6 is 0 Å². The van der Waals surface area contributed by atoms with Crippen molar-refractivity contribution in [3.05, 3.63) is 22.5 Å². The van der Waals surface area contributed by atoms with Gasteiger partial charge in [0.05, 0.1) is 4.92 Å². The van der Waals surface area contributed by atoms with Crippen LogP contribution in [-0.2, 0) is 0 Å². The van der Waals surface area contributed by atoms with Crippen LogP contribution in [0, 0.1) is 10.1 Å². The lowest BCUT2D eigenvalue weighted by atomic mass is 10.00. The maximum atomic E-state index is 10.5. The van der Waals surface area contributed by atoms with Crippen LogP contribution in [0.5, 0.6) is 0 Å². The predicted octanol–water partition coefficient (Wildman–Crippen LogP) is 1.97. The highest BCUT2D eigenvalue weighted by Gasteiger charge is 2.25. The second kappa shape index (κ2) is 5.26. The number of hydrogen-bond donors (Lipinski definition) is 1. The van der Waals surface area contributed by atoms with Crippen molar-refractivity contribution in [3.63, 3.8) is 0 Å². The highest BCUT2D eigenvalue weighted by atomic mass is 16.6. The number of anilines is 1. The quantitative estimate of drug-likeness (QED) is 0.653. The van der Waals surface area contributed by atoms with Crippen molar-refractivity contribution in [1.29, 1.82) is 0 Å². The van der Waals surface area contributed by atoms with Crippen LogP contribution in [0.2, 0.25) is 0 Å². The molecule has 1 aliphatic rings. The Morgan fingerprint density at radius 1 is 1.33 bits per heavy atom. The fourth-order valence-corrected chi connectivity index (χ4v) is 2.23. The van der Waals surface area contributed by atoms with Crippen molar-refractivity contribution in [2.45, 2.75) is 45.2 Å². The molecular formula is C11H17N5O2. The number of aromatic nitrogens is 2. The first-order chi connectivity index (χ1) is 8.58. The van der Waals surface area contributed by atoms with E-state index >= 15 is 0 Å². The molecule has 2 unspecified atom stereocenters. The monoisotopic (exact) mass is 251 g/mol. The van der Waals surface area contributed by atoms with E-state index in [0.717, 1.165) is 12.8 Å². The summed E-state index contributed by atoms with van der Waals surface area (Å²) in [6.07, 6.45) is 5.92. The Balaban J connectivity index is 2.06. The van der Waals surface area contributed by atoms with E-state index in [0.29, 0.717) is 18.0 Å². The Kier molecular flexibility index (Phi) is 3.71. The first-order valence-electron chi connectivity index (χ1n) is 6.09. The van der Waals surface area contributed by atoms with Crippen LogP contribution in [0.3, 0.4) is 0 Å². The minimum absolute atomic E-state index is 0.0970. The van der Waals surface area contributed by atoms with Crippen molar-refractivity contribution in [2.24, 2.45) is 0 Å². The lowest BCUT2D eigenvalue weighted by Crippen LogP contribution is -2.47. The van der Waals surface area contributed by atoms with Crippen LogP contribution in [0.15, 0.2) is 12.4 Å². The molecule has 7 nitrogen and oxygen atoms in total. The molecule has 2 heterocycles. The topological polar surface area (TPSA) is 84.2 Å². The average Bonchev–Trinajstić information content (AvgIpc) is 2.34. The molecule has 18 heavy (non-hydrogen) atoms. The molecule has 0 spiro atoms. The fourth-order valence-electron chi connectivity index (χ4n) is 2.23. The summed E-state index contributed by atoms with van der Waals surface area (Å²) in [5, 5.41) is 12.6. The molecule has 0 radical (unpaired) electrons. The summed E-state index contributed by atoms with van der Waals surface area (Å²) >= 11 is 0. The normalized spacial score (nSPS) is 24.8. The molecule has 1 saturated heterocycles. The molecule has 1 aromatic rings. The predicted molar refractivity (Wildman–Crippen MR) is 66.9 cm³/mol. The van der Waals surface area contributed by atoms with Crippen LogP contribution in [-0.4, -0.2) is 32.0 Å². The number of nitrogens with zero attached hydrogens (tertiary/aromatic N) is 4. The van der Waals surface area contributed by atoms with Crippen molar-refractivity contribution >= 4 is 11.6 Å². The summed E-state index contributed by atoms with van der Waals surface area (Å²) in [7, 11) is 0. The van der Waals surface area contributed by atoms with Gasteiger partial charge in [0.1, 0.15) is 12.4 Å². The van der Waals surface area contributed by atoms with E-state index in [9.17, 15) is 10.1 Å². The molecule has 0 aliphatic carbocycles. The number of hydrazine groups is 1. The summed E-state index contributed by atoms with van der Waals surface area (Å²) in [5.41, 5.74) is 3.04. The highest BCUT2D eigenvalue weighted by Crippen LogP contribution is 2.22. The van der Waals surface area contributed by atoms with Gasteiger partial charge in [-0.05, 0) is 26.7 Å². The first-order valence-corrected chi connectivity index (χ1v) is 6.09. The van der Waals surface area contributed by atoms with E-state index in [1.807, 2.05) is 0 Å². The second-order valence-electron chi connectivity index (χ2n) is 4.67. The van der Waals surface area contributed by atoms with Gasteiger partial charge in [-0.1, -0.05) is 6.42 Å². The van der Waals surface area contributed by atoms with E-state index in [1.165, 1.54) is 18.8 Å². The number of rotatable bonds is 3. The molecule has 0 saturated carbocycles. The van der Waals surface area contributed by atoms with Crippen LogP contribution in [0.1, 0.15) is 33.1 Å². The van der Waals surface area contributed by atoms with Gasteiger partial charge in [-0.15, -0.1) is 0 Å².